The summed E-state index contributed by atoms with van der Waals surface area (Å²) < 4.78 is 0.986. The average molecular weight is 438 g/mol. The lowest BCUT2D eigenvalue weighted by Gasteiger charge is -2.32. The molecule has 4 nitrogen and oxygen atoms in total. The van der Waals surface area contributed by atoms with E-state index in [0.29, 0.717) is 6.54 Å². The molecule has 0 spiro atoms. The average Bonchev–Trinajstić information content (AvgIpc) is 2.69. The summed E-state index contributed by atoms with van der Waals surface area (Å²) in [7, 11) is 2.13. The number of halogens is 1. The van der Waals surface area contributed by atoms with Crippen LogP contribution in [-0.2, 0) is 0 Å². The molecule has 0 bridgehead atoms. The zero-order chi connectivity index (χ0) is 19.7. The maximum Gasteiger partial charge on any atom is 0.179 e. The lowest BCUT2D eigenvalue weighted by Crippen LogP contribution is -2.46. The van der Waals surface area contributed by atoms with E-state index in [4.69, 9.17) is 4.98 Å². The second-order valence-corrected chi connectivity index (χ2v) is 8.39. The van der Waals surface area contributed by atoms with Crippen LogP contribution in [0.1, 0.15) is 16.1 Å². The van der Waals surface area contributed by atoms with Gasteiger partial charge in [-0.05, 0) is 37.7 Å². The molecule has 1 saturated heterocycles. The van der Waals surface area contributed by atoms with E-state index in [9.17, 15) is 4.79 Å². The van der Waals surface area contributed by atoms with E-state index in [1.54, 1.807) is 0 Å². The zero-order valence-corrected chi connectivity index (χ0v) is 17.9. The van der Waals surface area contributed by atoms with Crippen LogP contribution < -0.4 is 0 Å². The number of hydrogen-bond acceptors (Lipinski definition) is 4. The van der Waals surface area contributed by atoms with Crippen molar-refractivity contribution < 1.29 is 4.79 Å². The highest BCUT2D eigenvalue weighted by Crippen LogP contribution is 2.34. The van der Waals surface area contributed by atoms with E-state index >= 15 is 0 Å². The van der Waals surface area contributed by atoms with Crippen LogP contribution in [0.5, 0.6) is 0 Å². The lowest BCUT2D eigenvalue weighted by atomic mass is 9.92. The van der Waals surface area contributed by atoms with Gasteiger partial charge in [0.1, 0.15) is 0 Å². The summed E-state index contributed by atoms with van der Waals surface area (Å²) >= 11 is 3.58. The SMILES string of the molecule is Cc1nc2ccc(Br)cc2c(-c2ccccc2)c1C(=O)CN1CCN(C)CC1. The van der Waals surface area contributed by atoms with Crippen molar-refractivity contribution in [3.63, 3.8) is 0 Å². The van der Waals surface area contributed by atoms with Crippen LogP contribution in [-0.4, -0.2) is 60.3 Å². The van der Waals surface area contributed by atoms with Crippen molar-refractivity contribution in [2.24, 2.45) is 0 Å². The highest BCUT2D eigenvalue weighted by Gasteiger charge is 2.23. The molecule has 0 N–H and O–H groups in total. The number of nitrogens with zero attached hydrogens (tertiary/aromatic N) is 3. The molecule has 144 valence electrons. The van der Waals surface area contributed by atoms with Crippen molar-refractivity contribution in [1.29, 1.82) is 0 Å². The fourth-order valence-electron chi connectivity index (χ4n) is 3.89. The van der Waals surface area contributed by atoms with Gasteiger partial charge in [-0.2, -0.15) is 0 Å². The van der Waals surface area contributed by atoms with Gasteiger partial charge in [-0.25, -0.2) is 0 Å². The molecule has 0 amide bonds. The number of aromatic nitrogens is 1. The van der Waals surface area contributed by atoms with Crippen molar-refractivity contribution in [2.75, 3.05) is 39.8 Å². The minimum Gasteiger partial charge on any atom is -0.304 e. The first-order chi connectivity index (χ1) is 13.5. The number of likely N-dealkylation sites (N-methyl/N-ethyl adjacent to an activating group) is 1. The molecule has 1 fully saturated rings. The summed E-state index contributed by atoms with van der Waals surface area (Å²) in [6.07, 6.45) is 0. The van der Waals surface area contributed by atoms with E-state index in [2.05, 4.69) is 51.0 Å². The molecular formula is C23H24BrN3O. The number of benzene rings is 2. The highest BCUT2D eigenvalue weighted by atomic mass is 79.9. The lowest BCUT2D eigenvalue weighted by molar-refractivity contribution is 0.0876. The maximum absolute atomic E-state index is 13.4. The molecule has 2 aromatic carbocycles. The summed E-state index contributed by atoms with van der Waals surface area (Å²) in [4.78, 5) is 22.7. The second kappa shape index (κ2) is 8.11. The van der Waals surface area contributed by atoms with Crippen molar-refractivity contribution in [3.8, 4) is 11.1 Å². The minimum atomic E-state index is 0.148. The molecule has 0 saturated carbocycles. The number of rotatable bonds is 4. The van der Waals surface area contributed by atoms with Crippen molar-refractivity contribution in [3.05, 3.63) is 64.3 Å². The third kappa shape index (κ3) is 3.88. The Hall–Kier alpha value is -2.08. The van der Waals surface area contributed by atoms with Crippen molar-refractivity contribution in [2.45, 2.75) is 6.92 Å². The highest BCUT2D eigenvalue weighted by molar-refractivity contribution is 9.10. The Kier molecular flexibility index (Phi) is 5.58. The van der Waals surface area contributed by atoms with Gasteiger partial charge in [0.2, 0.25) is 0 Å². The normalized spacial score (nSPS) is 15.8. The predicted octanol–water partition coefficient (Wildman–Crippen LogP) is 4.40. The van der Waals surface area contributed by atoms with E-state index in [0.717, 1.165) is 63.9 Å². The van der Waals surface area contributed by atoms with Crippen molar-refractivity contribution >= 4 is 32.6 Å². The van der Waals surface area contributed by atoms with Gasteiger partial charge in [0, 0.05) is 52.9 Å². The first-order valence-corrected chi connectivity index (χ1v) is 10.4. The first-order valence-electron chi connectivity index (χ1n) is 9.62. The number of fused-ring (bicyclic) bond motifs is 1. The Morgan fingerprint density at radius 3 is 2.50 bits per heavy atom. The number of carbonyl (C=O) groups is 1. The Bertz CT molecular complexity index is 1010. The summed E-state index contributed by atoms with van der Waals surface area (Å²) in [5.74, 6) is 0.148. The van der Waals surface area contributed by atoms with Gasteiger partial charge in [-0.1, -0.05) is 46.3 Å². The van der Waals surface area contributed by atoms with Gasteiger partial charge in [-0.3, -0.25) is 14.7 Å². The van der Waals surface area contributed by atoms with Gasteiger partial charge < -0.3 is 4.90 Å². The Morgan fingerprint density at radius 2 is 1.79 bits per heavy atom. The van der Waals surface area contributed by atoms with Crippen LogP contribution in [0.15, 0.2) is 53.0 Å². The molecule has 0 aliphatic carbocycles. The fourth-order valence-corrected chi connectivity index (χ4v) is 4.25. The number of ketones is 1. The van der Waals surface area contributed by atoms with Gasteiger partial charge in [0.25, 0.3) is 0 Å². The van der Waals surface area contributed by atoms with Crippen LogP contribution in [0.4, 0.5) is 0 Å². The summed E-state index contributed by atoms with van der Waals surface area (Å²) in [6.45, 7) is 6.24. The van der Waals surface area contributed by atoms with Gasteiger partial charge in [-0.15, -0.1) is 0 Å². The molecule has 0 radical (unpaired) electrons. The predicted molar refractivity (Wildman–Crippen MR) is 118 cm³/mol. The monoisotopic (exact) mass is 437 g/mol. The van der Waals surface area contributed by atoms with Gasteiger partial charge in [0.15, 0.2) is 5.78 Å². The number of piperazine rings is 1. The maximum atomic E-state index is 13.4. The van der Waals surface area contributed by atoms with Crippen LogP contribution in [0.2, 0.25) is 0 Å². The molecule has 2 heterocycles. The number of pyridine rings is 1. The molecule has 5 heteroatoms. The molecule has 28 heavy (non-hydrogen) atoms. The quantitative estimate of drug-likeness (QED) is 0.566. The number of carbonyl (C=O) groups excluding carboxylic acids is 1. The molecule has 1 aromatic heterocycles. The third-order valence-electron chi connectivity index (χ3n) is 5.43. The van der Waals surface area contributed by atoms with Crippen LogP contribution >= 0.6 is 15.9 Å². The largest absolute Gasteiger partial charge is 0.304 e. The molecule has 1 aliphatic heterocycles. The fraction of sp³-hybridized carbons (Fsp3) is 0.304. The van der Waals surface area contributed by atoms with E-state index in [-0.39, 0.29) is 5.78 Å². The number of aryl methyl sites for hydroxylation is 1. The van der Waals surface area contributed by atoms with Crippen LogP contribution in [0, 0.1) is 6.92 Å². The first kappa shape index (κ1) is 19.2. The number of hydrogen-bond donors (Lipinski definition) is 0. The topological polar surface area (TPSA) is 36.4 Å². The molecule has 3 aromatic rings. The standard InChI is InChI=1S/C23H24BrN3O/c1-16-22(21(28)15-27-12-10-26(2)11-13-27)23(17-6-4-3-5-7-17)19-14-18(24)8-9-20(19)25-16/h3-9,14H,10-13,15H2,1-2H3. The van der Waals surface area contributed by atoms with E-state index in [1.807, 2.05) is 37.3 Å². The molecule has 0 unspecified atom stereocenters. The minimum absolute atomic E-state index is 0.148. The van der Waals surface area contributed by atoms with Crippen molar-refractivity contribution in [1.82, 2.24) is 14.8 Å². The Balaban J connectivity index is 1.83. The molecule has 4 rings (SSSR count). The molecule has 1 aliphatic rings. The van der Waals surface area contributed by atoms with E-state index < -0.39 is 0 Å². The summed E-state index contributed by atoms with van der Waals surface area (Å²) in [6, 6.07) is 16.2. The van der Waals surface area contributed by atoms with Gasteiger partial charge >= 0.3 is 0 Å². The Labute approximate surface area is 174 Å². The summed E-state index contributed by atoms with van der Waals surface area (Å²) in [5, 5.41) is 1.01. The third-order valence-corrected chi connectivity index (χ3v) is 5.93. The number of Topliss-reactive ketones (excluding diaryl/α,β-unsaturated/α-hetero) is 1. The smallest absolute Gasteiger partial charge is 0.179 e. The molecular weight excluding hydrogens is 414 g/mol. The second-order valence-electron chi connectivity index (χ2n) is 7.48. The van der Waals surface area contributed by atoms with Crippen LogP contribution in [0.25, 0.3) is 22.0 Å². The van der Waals surface area contributed by atoms with Gasteiger partial charge in [0.05, 0.1) is 12.1 Å². The van der Waals surface area contributed by atoms with Crippen LogP contribution in [0.3, 0.4) is 0 Å². The van der Waals surface area contributed by atoms with E-state index in [1.165, 1.54) is 0 Å². The summed E-state index contributed by atoms with van der Waals surface area (Å²) in [5.41, 5.74) is 4.50. The zero-order valence-electron chi connectivity index (χ0n) is 16.3. The molecule has 0 atom stereocenters. The Morgan fingerprint density at radius 1 is 1.07 bits per heavy atom.